The minimum atomic E-state index is -0.268. The number of methoxy groups -OCH3 is 1. The first-order chi connectivity index (χ1) is 8.11. The second-order valence-corrected chi connectivity index (χ2v) is 3.84. The van der Waals surface area contributed by atoms with Crippen LogP contribution in [-0.2, 0) is 0 Å². The number of aryl methyl sites for hydroxylation is 1. The minimum Gasteiger partial charge on any atom is -0.496 e. The van der Waals surface area contributed by atoms with Crippen molar-refractivity contribution >= 4 is 5.69 Å². The summed E-state index contributed by atoms with van der Waals surface area (Å²) in [6, 6.07) is 9.12. The topological polar surface area (TPSA) is 68.1 Å². The quantitative estimate of drug-likeness (QED) is 0.828. The highest BCUT2D eigenvalue weighted by molar-refractivity contribution is 5.63. The summed E-state index contributed by atoms with van der Waals surface area (Å²) in [5, 5.41) is 0. The van der Waals surface area contributed by atoms with Gasteiger partial charge in [0.15, 0.2) is 0 Å². The monoisotopic (exact) mass is 230 g/mol. The molecule has 3 N–H and O–H groups in total. The Bertz CT molecular complexity index is 603. The maximum absolute atomic E-state index is 11.4. The number of anilines is 1. The second kappa shape index (κ2) is 4.33. The lowest BCUT2D eigenvalue weighted by Gasteiger charge is -2.07. The van der Waals surface area contributed by atoms with E-state index in [-0.39, 0.29) is 11.2 Å². The van der Waals surface area contributed by atoms with Crippen LogP contribution in [0.5, 0.6) is 5.75 Å². The predicted octanol–water partition coefficient (Wildman–Crippen LogP) is 1.94. The maximum Gasteiger partial charge on any atom is 0.271 e. The van der Waals surface area contributed by atoms with Crippen LogP contribution in [0, 0.1) is 6.92 Å². The van der Waals surface area contributed by atoms with Crippen LogP contribution in [0.1, 0.15) is 5.56 Å². The first kappa shape index (κ1) is 11.3. The van der Waals surface area contributed by atoms with Gasteiger partial charge in [0.25, 0.3) is 5.56 Å². The largest absolute Gasteiger partial charge is 0.496 e. The van der Waals surface area contributed by atoms with Gasteiger partial charge in [-0.1, -0.05) is 0 Å². The van der Waals surface area contributed by atoms with Crippen LogP contribution in [-0.4, -0.2) is 12.1 Å². The highest BCUT2D eigenvalue weighted by atomic mass is 16.5. The summed E-state index contributed by atoms with van der Waals surface area (Å²) in [5.41, 5.74) is 8.12. The van der Waals surface area contributed by atoms with E-state index in [9.17, 15) is 4.79 Å². The van der Waals surface area contributed by atoms with Crippen LogP contribution < -0.4 is 16.0 Å². The molecule has 0 amide bonds. The van der Waals surface area contributed by atoms with Crippen LogP contribution >= 0.6 is 0 Å². The molecule has 0 aliphatic heterocycles. The molecule has 1 aromatic carbocycles. The van der Waals surface area contributed by atoms with E-state index in [1.807, 2.05) is 25.1 Å². The van der Waals surface area contributed by atoms with E-state index in [0.717, 1.165) is 22.6 Å². The zero-order valence-corrected chi connectivity index (χ0v) is 9.78. The van der Waals surface area contributed by atoms with E-state index in [4.69, 9.17) is 10.5 Å². The number of pyridine rings is 1. The summed E-state index contributed by atoms with van der Waals surface area (Å²) in [7, 11) is 1.63. The number of ether oxygens (including phenoxy) is 1. The van der Waals surface area contributed by atoms with Crippen LogP contribution in [0.2, 0.25) is 0 Å². The molecule has 1 heterocycles. The molecule has 2 aromatic rings. The van der Waals surface area contributed by atoms with Gasteiger partial charge < -0.3 is 15.5 Å². The molecule has 2 rings (SSSR count). The molecule has 0 atom stereocenters. The first-order valence-corrected chi connectivity index (χ1v) is 5.25. The van der Waals surface area contributed by atoms with Gasteiger partial charge in [0, 0.05) is 5.69 Å². The van der Waals surface area contributed by atoms with Crippen molar-refractivity contribution in [1.29, 1.82) is 0 Å². The third-order valence-electron chi connectivity index (χ3n) is 2.65. The van der Waals surface area contributed by atoms with Gasteiger partial charge in [-0.2, -0.15) is 0 Å². The van der Waals surface area contributed by atoms with Crippen molar-refractivity contribution in [2.24, 2.45) is 0 Å². The van der Waals surface area contributed by atoms with Crippen LogP contribution in [0.4, 0.5) is 5.69 Å². The number of H-pyrrole nitrogens is 1. The van der Waals surface area contributed by atoms with Crippen LogP contribution in [0.3, 0.4) is 0 Å². The van der Waals surface area contributed by atoms with Gasteiger partial charge in [-0.25, -0.2) is 0 Å². The average Bonchev–Trinajstić information content (AvgIpc) is 2.32. The molecular weight excluding hydrogens is 216 g/mol. The number of aromatic nitrogens is 1. The minimum absolute atomic E-state index is 0.221. The molecule has 0 aliphatic rings. The Labute approximate surface area is 99.1 Å². The summed E-state index contributed by atoms with van der Waals surface area (Å²) in [6.07, 6.45) is 0. The van der Waals surface area contributed by atoms with E-state index in [0.29, 0.717) is 0 Å². The van der Waals surface area contributed by atoms with Crippen molar-refractivity contribution in [2.45, 2.75) is 6.92 Å². The Morgan fingerprint density at radius 1 is 1.24 bits per heavy atom. The molecular formula is C13H14N2O2. The lowest BCUT2D eigenvalue weighted by molar-refractivity contribution is 0.412. The summed E-state index contributed by atoms with van der Waals surface area (Å²) in [4.78, 5) is 14.2. The molecule has 0 fully saturated rings. The van der Waals surface area contributed by atoms with Gasteiger partial charge in [-0.3, -0.25) is 4.79 Å². The van der Waals surface area contributed by atoms with Crippen molar-refractivity contribution in [3.8, 4) is 17.0 Å². The Morgan fingerprint density at radius 2 is 2.00 bits per heavy atom. The number of hydrogen-bond donors (Lipinski definition) is 2. The average molecular weight is 230 g/mol. The lowest BCUT2D eigenvalue weighted by atomic mass is 10.1. The molecule has 0 radical (unpaired) electrons. The van der Waals surface area contributed by atoms with Gasteiger partial charge in [-0.05, 0) is 48.4 Å². The fourth-order valence-electron chi connectivity index (χ4n) is 1.70. The Kier molecular flexibility index (Phi) is 2.87. The predicted molar refractivity (Wildman–Crippen MR) is 68.2 cm³/mol. The third kappa shape index (κ3) is 2.15. The summed E-state index contributed by atoms with van der Waals surface area (Å²) in [6.45, 7) is 1.96. The van der Waals surface area contributed by atoms with Gasteiger partial charge >= 0.3 is 0 Å². The highest BCUT2D eigenvalue weighted by Crippen LogP contribution is 2.24. The van der Waals surface area contributed by atoms with Crippen molar-refractivity contribution in [3.05, 3.63) is 46.2 Å². The number of benzene rings is 1. The second-order valence-electron chi connectivity index (χ2n) is 3.84. The first-order valence-electron chi connectivity index (χ1n) is 5.25. The lowest BCUT2D eigenvalue weighted by Crippen LogP contribution is -2.11. The third-order valence-corrected chi connectivity index (χ3v) is 2.65. The molecule has 1 aromatic heterocycles. The standard InChI is InChI=1S/C13H14N2O2/c1-8-7-9(3-6-12(8)17-2)11-5-4-10(14)13(16)15-11/h3-7H,14H2,1-2H3,(H,15,16). The Balaban J connectivity index is 2.50. The molecule has 0 unspecified atom stereocenters. The molecule has 0 bridgehead atoms. The fourth-order valence-corrected chi connectivity index (χ4v) is 1.70. The smallest absolute Gasteiger partial charge is 0.271 e. The number of nitrogens with two attached hydrogens (primary N) is 1. The van der Waals surface area contributed by atoms with Crippen LogP contribution in [0.15, 0.2) is 35.1 Å². The summed E-state index contributed by atoms with van der Waals surface area (Å²) in [5.74, 6) is 0.826. The van der Waals surface area contributed by atoms with Crippen molar-refractivity contribution in [1.82, 2.24) is 4.98 Å². The maximum atomic E-state index is 11.4. The fraction of sp³-hybridized carbons (Fsp3) is 0.154. The van der Waals surface area contributed by atoms with E-state index in [1.165, 1.54) is 0 Å². The number of aromatic amines is 1. The normalized spacial score (nSPS) is 10.2. The molecule has 88 valence electrons. The number of nitrogens with one attached hydrogen (secondary N) is 1. The van der Waals surface area contributed by atoms with E-state index in [1.54, 1.807) is 19.2 Å². The molecule has 0 spiro atoms. The van der Waals surface area contributed by atoms with Crippen molar-refractivity contribution in [3.63, 3.8) is 0 Å². The Hall–Kier alpha value is -2.23. The number of rotatable bonds is 2. The van der Waals surface area contributed by atoms with Crippen molar-refractivity contribution in [2.75, 3.05) is 12.8 Å². The SMILES string of the molecule is COc1ccc(-c2ccc(N)c(=O)[nH]2)cc1C. The van der Waals surface area contributed by atoms with Gasteiger partial charge in [0.1, 0.15) is 5.75 Å². The van der Waals surface area contributed by atoms with Crippen LogP contribution in [0.25, 0.3) is 11.3 Å². The summed E-state index contributed by atoms with van der Waals surface area (Å²) >= 11 is 0. The molecule has 0 aliphatic carbocycles. The van der Waals surface area contributed by atoms with Gasteiger partial charge in [-0.15, -0.1) is 0 Å². The van der Waals surface area contributed by atoms with E-state index in [2.05, 4.69) is 4.98 Å². The van der Waals surface area contributed by atoms with Crippen molar-refractivity contribution < 1.29 is 4.74 Å². The van der Waals surface area contributed by atoms with E-state index < -0.39 is 0 Å². The van der Waals surface area contributed by atoms with Gasteiger partial charge in [0.2, 0.25) is 0 Å². The Morgan fingerprint density at radius 3 is 2.59 bits per heavy atom. The number of nitrogen functional groups attached to an aromatic ring is 1. The van der Waals surface area contributed by atoms with Gasteiger partial charge in [0.05, 0.1) is 12.8 Å². The molecule has 0 saturated heterocycles. The molecule has 4 nitrogen and oxygen atoms in total. The summed E-state index contributed by atoms with van der Waals surface area (Å²) < 4.78 is 5.19. The number of hydrogen-bond acceptors (Lipinski definition) is 3. The highest BCUT2D eigenvalue weighted by Gasteiger charge is 2.04. The zero-order chi connectivity index (χ0) is 12.4. The molecule has 4 heteroatoms. The molecule has 17 heavy (non-hydrogen) atoms. The molecule has 0 saturated carbocycles. The zero-order valence-electron chi connectivity index (χ0n) is 9.78. The van der Waals surface area contributed by atoms with E-state index >= 15 is 0 Å².